The minimum Gasteiger partial charge on any atom is -0.396 e. The number of hydrogen-bond acceptors (Lipinski definition) is 3. The maximum absolute atomic E-state index is 12.6. The van der Waals surface area contributed by atoms with Crippen LogP contribution in [0.4, 0.5) is 13.2 Å². The largest absolute Gasteiger partial charge is 0.401 e. The van der Waals surface area contributed by atoms with E-state index in [1.54, 1.807) is 0 Å². The first-order valence-electron chi connectivity index (χ1n) is 7.22. The average molecular weight is 315 g/mol. The van der Waals surface area contributed by atoms with E-state index in [-0.39, 0.29) is 19.7 Å². The molecule has 1 N–H and O–H groups in total. The number of para-hydroxylation sites is 2. The summed E-state index contributed by atoms with van der Waals surface area (Å²) in [5.74, 6) is 0.787. The standard InChI is InChI=1S/C15H20F3N3O/c1-12-19-13-5-2-3-6-14(13)21(12)9-8-20(7-4-10-22)11-15(16,17)18/h2-3,5-6,22H,4,7-11H2,1H3. The molecule has 0 aliphatic heterocycles. The van der Waals surface area contributed by atoms with Crippen LogP contribution in [0.15, 0.2) is 24.3 Å². The van der Waals surface area contributed by atoms with Gasteiger partial charge >= 0.3 is 6.18 Å². The first kappa shape index (κ1) is 16.8. The van der Waals surface area contributed by atoms with Crippen molar-refractivity contribution in [2.45, 2.75) is 26.1 Å². The number of aromatic nitrogens is 2. The lowest BCUT2D eigenvalue weighted by Crippen LogP contribution is -2.37. The molecular weight excluding hydrogens is 295 g/mol. The van der Waals surface area contributed by atoms with Crippen LogP contribution in [0.5, 0.6) is 0 Å². The van der Waals surface area contributed by atoms with Crippen LogP contribution in [-0.2, 0) is 6.54 Å². The highest BCUT2D eigenvalue weighted by molar-refractivity contribution is 5.75. The number of nitrogens with zero attached hydrogens (tertiary/aromatic N) is 3. The van der Waals surface area contributed by atoms with Gasteiger partial charge < -0.3 is 9.67 Å². The summed E-state index contributed by atoms with van der Waals surface area (Å²) in [7, 11) is 0. The van der Waals surface area contributed by atoms with Crippen LogP contribution in [0.25, 0.3) is 11.0 Å². The fourth-order valence-corrected chi connectivity index (χ4v) is 2.54. The third kappa shape index (κ3) is 4.45. The van der Waals surface area contributed by atoms with E-state index in [0.29, 0.717) is 13.0 Å². The highest BCUT2D eigenvalue weighted by Crippen LogP contribution is 2.18. The summed E-state index contributed by atoms with van der Waals surface area (Å²) >= 11 is 0. The molecule has 0 fully saturated rings. The molecule has 0 saturated carbocycles. The van der Waals surface area contributed by atoms with E-state index in [2.05, 4.69) is 4.98 Å². The lowest BCUT2D eigenvalue weighted by molar-refractivity contribution is -0.146. The van der Waals surface area contributed by atoms with Crippen LogP contribution in [0.3, 0.4) is 0 Å². The Hall–Kier alpha value is -1.60. The number of aliphatic hydroxyl groups excluding tert-OH is 1. The van der Waals surface area contributed by atoms with Gasteiger partial charge in [0.05, 0.1) is 17.6 Å². The van der Waals surface area contributed by atoms with Crippen molar-refractivity contribution in [1.82, 2.24) is 14.5 Å². The summed E-state index contributed by atoms with van der Waals surface area (Å²) < 4.78 is 39.8. The Morgan fingerprint density at radius 3 is 2.64 bits per heavy atom. The quantitative estimate of drug-likeness (QED) is 0.854. The fourth-order valence-electron chi connectivity index (χ4n) is 2.54. The molecule has 1 heterocycles. The van der Waals surface area contributed by atoms with Gasteiger partial charge in [-0.2, -0.15) is 13.2 Å². The number of imidazole rings is 1. The van der Waals surface area contributed by atoms with Gasteiger partial charge in [-0.25, -0.2) is 4.98 Å². The topological polar surface area (TPSA) is 41.3 Å². The summed E-state index contributed by atoms with van der Waals surface area (Å²) in [6.07, 6.45) is -3.90. The van der Waals surface area contributed by atoms with Crippen molar-refractivity contribution in [2.75, 3.05) is 26.2 Å². The van der Waals surface area contributed by atoms with E-state index in [0.717, 1.165) is 16.9 Å². The van der Waals surface area contributed by atoms with Gasteiger partial charge in [0, 0.05) is 26.2 Å². The van der Waals surface area contributed by atoms with E-state index in [1.807, 2.05) is 35.8 Å². The summed E-state index contributed by atoms with van der Waals surface area (Å²) in [6.45, 7) is 1.71. The zero-order valence-corrected chi connectivity index (χ0v) is 12.5. The van der Waals surface area contributed by atoms with E-state index < -0.39 is 12.7 Å². The molecule has 2 rings (SSSR count). The minimum atomic E-state index is -4.23. The number of halogens is 3. The Kier molecular flexibility index (Phi) is 5.42. The van der Waals surface area contributed by atoms with Crippen LogP contribution in [-0.4, -0.2) is 52.0 Å². The molecule has 0 aliphatic rings. The molecule has 0 spiro atoms. The fraction of sp³-hybridized carbons (Fsp3) is 0.533. The number of rotatable bonds is 7. The molecule has 0 radical (unpaired) electrons. The average Bonchev–Trinajstić information content (AvgIpc) is 2.76. The molecule has 122 valence electrons. The molecule has 4 nitrogen and oxygen atoms in total. The Morgan fingerprint density at radius 2 is 1.95 bits per heavy atom. The number of alkyl halides is 3. The monoisotopic (exact) mass is 315 g/mol. The van der Waals surface area contributed by atoms with Crippen molar-refractivity contribution in [3.05, 3.63) is 30.1 Å². The molecule has 7 heteroatoms. The normalized spacial score (nSPS) is 12.5. The van der Waals surface area contributed by atoms with Crippen molar-refractivity contribution >= 4 is 11.0 Å². The smallest absolute Gasteiger partial charge is 0.396 e. The maximum Gasteiger partial charge on any atom is 0.401 e. The van der Waals surface area contributed by atoms with Crippen LogP contribution in [0.2, 0.25) is 0 Å². The van der Waals surface area contributed by atoms with Gasteiger partial charge in [0.1, 0.15) is 5.82 Å². The maximum atomic E-state index is 12.6. The molecule has 1 aromatic heterocycles. The van der Waals surface area contributed by atoms with Crippen molar-refractivity contribution in [3.8, 4) is 0 Å². The van der Waals surface area contributed by atoms with Crippen LogP contribution in [0.1, 0.15) is 12.2 Å². The second-order valence-corrected chi connectivity index (χ2v) is 5.27. The molecule has 22 heavy (non-hydrogen) atoms. The Bertz CT molecular complexity index is 610. The van der Waals surface area contributed by atoms with E-state index >= 15 is 0 Å². The summed E-state index contributed by atoms with van der Waals surface area (Å²) in [5, 5.41) is 8.83. The molecule has 2 aromatic rings. The second kappa shape index (κ2) is 7.11. The highest BCUT2D eigenvalue weighted by Gasteiger charge is 2.30. The molecule has 0 atom stereocenters. The van der Waals surface area contributed by atoms with E-state index in [1.165, 1.54) is 4.90 Å². The second-order valence-electron chi connectivity index (χ2n) is 5.27. The molecule has 1 aromatic carbocycles. The zero-order valence-electron chi connectivity index (χ0n) is 12.5. The van der Waals surface area contributed by atoms with Crippen molar-refractivity contribution in [1.29, 1.82) is 0 Å². The predicted octanol–water partition coefficient (Wildman–Crippen LogP) is 2.59. The third-order valence-corrected chi connectivity index (χ3v) is 3.52. The van der Waals surface area contributed by atoms with Crippen molar-refractivity contribution < 1.29 is 18.3 Å². The van der Waals surface area contributed by atoms with Gasteiger partial charge in [-0.3, -0.25) is 4.90 Å². The number of hydrogen-bond donors (Lipinski definition) is 1. The molecule has 0 aliphatic carbocycles. The lowest BCUT2D eigenvalue weighted by Gasteiger charge is -2.23. The Morgan fingerprint density at radius 1 is 1.23 bits per heavy atom. The summed E-state index contributed by atoms with van der Waals surface area (Å²) in [4.78, 5) is 5.73. The van der Waals surface area contributed by atoms with Crippen LogP contribution < -0.4 is 0 Å². The van der Waals surface area contributed by atoms with E-state index in [9.17, 15) is 13.2 Å². The highest BCUT2D eigenvalue weighted by atomic mass is 19.4. The number of aryl methyl sites for hydroxylation is 1. The van der Waals surface area contributed by atoms with Crippen LogP contribution in [0, 0.1) is 6.92 Å². The summed E-state index contributed by atoms with van der Waals surface area (Å²) in [6, 6.07) is 7.57. The molecule has 0 saturated heterocycles. The third-order valence-electron chi connectivity index (χ3n) is 3.52. The number of aliphatic hydroxyl groups is 1. The Labute approximate surface area is 127 Å². The molecule has 0 bridgehead atoms. The lowest BCUT2D eigenvalue weighted by atomic mass is 10.3. The zero-order chi connectivity index (χ0) is 16.2. The van der Waals surface area contributed by atoms with Gasteiger partial charge in [-0.05, 0) is 25.5 Å². The van der Waals surface area contributed by atoms with Gasteiger partial charge in [0.2, 0.25) is 0 Å². The van der Waals surface area contributed by atoms with Gasteiger partial charge in [0.15, 0.2) is 0 Å². The first-order chi connectivity index (χ1) is 10.4. The predicted molar refractivity (Wildman–Crippen MR) is 78.7 cm³/mol. The van der Waals surface area contributed by atoms with Crippen molar-refractivity contribution in [2.24, 2.45) is 0 Å². The van der Waals surface area contributed by atoms with Crippen molar-refractivity contribution in [3.63, 3.8) is 0 Å². The van der Waals surface area contributed by atoms with Gasteiger partial charge in [0.25, 0.3) is 0 Å². The minimum absolute atomic E-state index is 0.110. The summed E-state index contributed by atoms with van der Waals surface area (Å²) in [5.41, 5.74) is 1.77. The van der Waals surface area contributed by atoms with Gasteiger partial charge in [-0.15, -0.1) is 0 Å². The van der Waals surface area contributed by atoms with E-state index in [4.69, 9.17) is 5.11 Å². The van der Waals surface area contributed by atoms with Gasteiger partial charge in [-0.1, -0.05) is 12.1 Å². The SMILES string of the molecule is Cc1nc2ccccc2n1CCN(CCCO)CC(F)(F)F. The molecular formula is C15H20F3N3O. The first-order valence-corrected chi connectivity index (χ1v) is 7.22. The number of benzene rings is 1. The molecule has 0 unspecified atom stereocenters. The number of fused-ring (bicyclic) bond motifs is 1. The Balaban J connectivity index is 2.08. The van der Waals surface area contributed by atoms with Crippen LogP contribution >= 0.6 is 0 Å². The molecule has 0 amide bonds.